The number of amides is 2. The summed E-state index contributed by atoms with van der Waals surface area (Å²) < 4.78 is 1.20. The van der Waals surface area contributed by atoms with Gasteiger partial charge in [0.1, 0.15) is 0 Å². The lowest BCUT2D eigenvalue weighted by atomic mass is 10.1. The van der Waals surface area contributed by atoms with Gasteiger partial charge in [-0.25, -0.2) is 9.99 Å². The minimum absolute atomic E-state index is 0.197. The third kappa shape index (κ3) is 4.48. The number of aromatic hydroxyl groups is 1. The van der Waals surface area contributed by atoms with E-state index in [2.05, 4.69) is 15.8 Å². The highest BCUT2D eigenvalue weighted by molar-refractivity contribution is 6.35. The number of fused-ring (bicyclic) bond motifs is 1. The normalized spacial score (nSPS) is 11.3. The van der Waals surface area contributed by atoms with Crippen LogP contribution in [0.3, 0.4) is 0 Å². The van der Waals surface area contributed by atoms with Gasteiger partial charge in [0.15, 0.2) is 0 Å². The molecule has 0 saturated heterocycles. The van der Waals surface area contributed by atoms with E-state index in [9.17, 15) is 19.5 Å². The number of pyridine rings is 1. The zero-order valence-corrected chi connectivity index (χ0v) is 17.8. The van der Waals surface area contributed by atoms with E-state index in [1.807, 2.05) is 26.0 Å². The summed E-state index contributed by atoms with van der Waals surface area (Å²) in [5, 5.41) is 18.1. The molecule has 0 unspecified atom stereocenters. The molecule has 0 radical (unpaired) electrons. The Morgan fingerprint density at radius 1 is 1.03 bits per heavy atom. The molecule has 160 valence electrons. The Balaban J connectivity index is 2.09. The first-order valence-electron chi connectivity index (χ1n) is 9.79. The number of carbonyl (C=O) groups is 2. The van der Waals surface area contributed by atoms with Gasteiger partial charge in [0.25, 0.3) is 5.56 Å². The van der Waals surface area contributed by atoms with E-state index in [1.54, 1.807) is 44.2 Å². The van der Waals surface area contributed by atoms with Crippen molar-refractivity contribution in [1.29, 1.82) is 0 Å². The van der Waals surface area contributed by atoms with Crippen LogP contribution in [-0.2, 0) is 9.59 Å². The molecule has 0 atom stereocenters. The Bertz CT molecular complexity index is 1260. The first-order chi connectivity index (χ1) is 14.7. The van der Waals surface area contributed by atoms with Crippen LogP contribution in [0.1, 0.15) is 30.5 Å². The molecule has 0 aliphatic rings. The van der Waals surface area contributed by atoms with Crippen LogP contribution < -0.4 is 16.3 Å². The standard InChI is InChI=1S/C23H24N4O4/c1-13(2)25-20(28)21(29)26-24-12-19-17-7-5-6-8-18(17)22(30)27(23(19)31)16-10-9-14(3)15(4)11-16/h5-13,31H,1-4H3,(H,25,28)(H,26,29)/b24-12+. The van der Waals surface area contributed by atoms with Crippen LogP contribution in [-0.4, -0.2) is 33.7 Å². The highest BCUT2D eigenvalue weighted by Gasteiger charge is 2.17. The molecule has 0 fully saturated rings. The molecule has 8 nitrogen and oxygen atoms in total. The summed E-state index contributed by atoms with van der Waals surface area (Å²) in [6, 6.07) is 12.0. The van der Waals surface area contributed by atoms with Crippen LogP contribution in [0.25, 0.3) is 16.5 Å². The van der Waals surface area contributed by atoms with Crippen LogP contribution >= 0.6 is 0 Å². The molecule has 3 N–H and O–H groups in total. The summed E-state index contributed by atoms with van der Waals surface area (Å²) in [6.45, 7) is 7.34. The van der Waals surface area contributed by atoms with E-state index in [0.717, 1.165) is 11.1 Å². The highest BCUT2D eigenvalue weighted by Crippen LogP contribution is 2.26. The minimum Gasteiger partial charge on any atom is -0.494 e. The lowest BCUT2D eigenvalue weighted by molar-refractivity contribution is -0.139. The highest BCUT2D eigenvalue weighted by atomic mass is 16.3. The fraction of sp³-hybridized carbons (Fsp3) is 0.217. The number of hydrazone groups is 1. The van der Waals surface area contributed by atoms with Crippen LogP contribution in [0.2, 0.25) is 0 Å². The number of nitrogens with one attached hydrogen (secondary N) is 2. The molecule has 0 aliphatic carbocycles. The van der Waals surface area contributed by atoms with Gasteiger partial charge in [-0.15, -0.1) is 0 Å². The molecule has 3 rings (SSSR count). The summed E-state index contributed by atoms with van der Waals surface area (Å²) in [4.78, 5) is 36.7. The topological polar surface area (TPSA) is 113 Å². The third-order valence-corrected chi connectivity index (χ3v) is 4.84. The lowest BCUT2D eigenvalue weighted by Crippen LogP contribution is -2.41. The number of hydrogen-bond donors (Lipinski definition) is 3. The second-order valence-electron chi connectivity index (χ2n) is 7.52. The first-order valence-corrected chi connectivity index (χ1v) is 9.79. The average Bonchev–Trinajstić information content (AvgIpc) is 2.72. The van der Waals surface area contributed by atoms with Crippen molar-refractivity contribution < 1.29 is 14.7 Å². The molecule has 0 spiro atoms. The fourth-order valence-corrected chi connectivity index (χ4v) is 3.13. The van der Waals surface area contributed by atoms with Gasteiger partial charge >= 0.3 is 11.8 Å². The van der Waals surface area contributed by atoms with Gasteiger partial charge in [-0.05, 0) is 57.0 Å². The van der Waals surface area contributed by atoms with Crippen LogP contribution in [0.5, 0.6) is 5.88 Å². The molecule has 1 aromatic heterocycles. The van der Waals surface area contributed by atoms with Gasteiger partial charge in [0, 0.05) is 16.8 Å². The van der Waals surface area contributed by atoms with Crippen molar-refractivity contribution in [3.63, 3.8) is 0 Å². The Morgan fingerprint density at radius 2 is 1.71 bits per heavy atom. The SMILES string of the molecule is Cc1ccc(-n2c(O)c(/C=N/NC(=O)C(=O)NC(C)C)c3ccccc3c2=O)cc1C. The van der Waals surface area contributed by atoms with Gasteiger partial charge in [0.2, 0.25) is 5.88 Å². The zero-order chi connectivity index (χ0) is 22.7. The smallest absolute Gasteiger partial charge is 0.329 e. The molecule has 0 bridgehead atoms. The van der Waals surface area contributed by atoms with E-state index >= 15 is 0 Å². The molecule has 0 aliphatic heterocycles. The maximum atomic E-state index is 13.1. The molecule has 31 heavy (non-hydrogen) atoms. The Kier molecular flexibility index (Phi) is 6.20. The van der Waals surface area contributed by atoms with E-state index < -0.39 is 11.8 Å². The number of hydrogen-bond acceptors (Lipinski definition) is 5. The van der Waals surface area contributed by atoms with Gasteiger partial charge in [-0.2, -0.15) is 5.10 Å². The fourth-order valence-electron chi connectivity index (χ4n) is 3.13. The van der Waals surface area contributed by atoms with Crippen LogP contribution in [0, 0.1) is 13.8 Å². The van der Waals surface area contributed by atoms with Crippen molar-refractivity contribution in [2.45, 2.75) is 33.7 Å². The van der Waals surface area contributed by atoms with Crippen LogP contribution in [0.4, 0.5) is 0 Å². The van der Waals surface area contributed by atoms with Crippen molar-refractivity contribution in [2.75, 3.05) is 0 Å². The number of benzene rings is 2. The van der Waals surface area contributed by atoms with E-state index in [1.165, 1.54) is 10.8 Å². The quantitative estimate of drug-likeness (QED) is 0.341. The van der Waals surface area contributed by atoms with E-state index in [-0.39, 0.29) is 23.0 Å². The summed E-state index contributed by atoms with van der Waals surface area (Å²) in [7, 11) is 0. The maximum Gasteiger partial charge on any atom is 0.329 e. The molecule has 2 amide bonds. The minimum atomic E-state index is -0.934. The third-order valence-electron chi connectivity index (χ3n) is 4.84. The largest absolute Gasteiger partial charge is 0.494 e. The van der Waals surface area contributed by atoms with Gasteiger partial charge < -0.3 is 10.4 Å². The van der Waals surface area contributed by atoms with Crippen molar-refractivity contribution in [3.8, 4) is 11.6 Å². The monoisotopic (exact) mass is 420 g/mol. The maximum absolute atomic E-state index is 13.1. The molecular formula is C23H24N4O4. The molecule has 0 saturated carbocycles. The average molecular weight is 420 g/mol. The zero-order valence-electron chi connectivity index (χ0n) is 17.8. The number of carbonyl (C=O) groups excluding carboxylic acids is 2. The molecule has 2 aromatic carbocycles. The lowest BCUT2D eigenvalue weighted by Gasteiger charge is -2.14. The second-order valence-corrected chi connectivity index (χ2v) is 7.52. The Hall–Kier alpha value is -3.94. The summed E-state index contributed by atoms with van der Waals surface area (Å²) in [6.07, 6.45) is 1.22. The van der Waals surface area contributed by atoms with Gasteiger partial charge in [-0.3, -0.25) is 14.4 Å². The number of rotatable bonds is 4. The predicted molar refractivity (Wildman–Crippen MR) is 120 cm³/mol. The van der Waals surface area contributed by atoms with Crippen molar-refractivity contribution >= 4 is 28.8 Å². The number of nitrogens with zero attached hydrogens (tertiary/aromatic N) is 2. The van der Waals surface area contributed by atoms with Crippen LogP contribution in [0.15, 0.2) is 52.4 Å². The van der Waals surface area contributed by atoms with E-state index in [0.29, 0.717) is 16.5 Å². The molecule has 3 aromatic rings. The van der Waals surface area contributed by atoms with Crippen molar-refractivity contribution in [3.05, 3.63) is 69.5 Å². The van der Waals surface area contributed by atoms with Crippen molar-refractivity contribution in [2.24, 2.45) is 5.10 Å². The number of aromatic nitrogens is 1. The summed E-state index contributed by atoms with van der Waals surface area (Å²) >= 11 is 0. The molecule has 8 heteroatoms. The molecular weight excluding hydrogens is 396 g/mol. The first kappa shape index (κ1) is 21.8. The Morgan fingerprint density at radius 3 is 2.35 bits per heavy atom. The van der Waals surface area contributed by atoms with Crippen molar-refractivity contribution in [1.82, 2.24) is 15.3 Å². The molecule has 1 heterocycles. The van der Waals surface area contributed by atoms with E-state index in [4.69, 9.17) is 0 Å². The Labute approximate surface area is 179 Å². The summed E-state index contributed by atoms with van der Waals surface area (Å²) in [5.41, 5.74) is 4.52. The number of aryl methyl sites for hydroxylation is 2. The summed E-state index contributed by atoms with van der Waals surface area (Å²) in [5.74, 6) is -2.07. The predicted octanol–water partition coefficient (Wildman–Crippen LogP) is 2.29. The van der Waals surface area contributed by atoms with Gasteiger partial charge in [0.05, 0.1) is 17.5 Å². The van der Waals surface area contributed by atoms with Gasteiger partial charge in [-0.1, -0.05) is 24.3 Å². The second kappa shape index (κ2) is 8.83.